The zero-order valence-corrected chi connectivity index (χ0v) is 12.0. The summed E-state index contributed by atoms with van der Waals surface area (Å²) in [7, 11) is 0. The lowest BCUT2D eigenvalue weighted by Crippen LogP contribution is -2.27. The zero-order valence-electron chi connectivity index (χ0n) is 12.0. The molecule has 0 amide bonds. The second kappa shape index (κ2) is 5.68. The van der Waals surface area contributed by atoms with Gasteiger partial charge in [-0.2, -0.15) is 0 Å². The summed E-state index contributed by atoms with van der Waals surface area (Å²) in [6.07, 6.45) is 4.72. The van der Waals surface area contributed by atoms with Crippen LogP contribution in [0, 0.1) is 17.6 Å². The van der Waals surface area contributed by atoms with E-state index in [1.165, 1.54) is 37.8 Å². The fourth-order valence-electron chi connectivity index (χ4n) is 2.56. The van der Waals surface area contributed by atoms with Crippen molar-refractivity contribution in [2.75, 3.05) is 18.0 Å². The molecule has 1 aromatic carbocycles. The van der Waals surface area contributed by atoms with Crippen LogP contribution in [0.5, 0.6) is 0 Å². The minimum atomic E-state index is -0.430. The fraction of sp³-hybridized carbons (Fsp3) is 0.625. The van der Waals surface area contributed by atoms with Crippen LogP contribution < -0.4 is 10.2 Å². The lowest BCUT2D eigenvalue weighted by atomic mass is 10.1. The van der Waals surface area contributed by atoms with Gasteiger partial charge in [0.2, 0.25) is 0 Å². The van der Waals surface area contributed by atoms with Gasteiger partial charge in [0.1, 0.15) is 17.3 Å². The molecule has 0 bridgehead atoms. The Labute approximate surface area is 119 Å². The van der Waals surface area contributed by atoms with E-state index in [4.69, 9.17) is 0 Å². The molecule has 0 saturated heterocycles. The van der Waals surface area contributed by atoms with Gasteiger partial charge >= 0.3 is 0 Å². The van der Waals surface area contributed by atoms with Crippen molar-refractivity contribution in [2.24, 2.45) is 5.92 Å². The van der Waals surface area contributed by atoms with Gasteiger partial charge in [0.25, 0.3) is 0 Å². The molecule has 0 heterocycles. The van der Waals surface area contributed by atoms with Gasteiger partial charge in [0.15, 0.2) is 0 Å². The van der Waals surface area contributed by atoms with E-state index in [-0.39, 0.29) is 5.69 Å². The Hall–Kier alpha value is -1.16. The first-order valence-electron chi connectivity index (χ1n) is 7.63. The minimum Gasteiger partial charge on any atom is -0.367 e. The first-order chi connectivity index (χ1) is 9.67. The summed E-state index contributed by atoms with van der Waals surface area (Å²) in [6, 6.07) is 3.50. The van der Waals surface area contributed by atoms with Gasteiger partial charge in [-0.15, -0.1) is 0 Å². The van der Waals surface area contributed by atoms with Crippen molar-refractivity contribution in [1.82, 2.24) is 5.32 Å². The lowest BCUT2D eigenvalue weighted by molar-refractivity contribution is 0.561. The highest BCUT2D eigenvalue weighted by Crippen LogP contribution is 2.33. The van der Waals surface area contributed by atoms with Gasteiger partial charge in [-0.05, 0) is 56.2 Å². The van der Waals surface area contributed by atoms with Crippen molar-refractivity contribution < 1.29 is 8.78 Å². The maximum Gasteiger partial charge on any atom is 0.149 e. The Morgan fingerprint density at radius 3 is 2.30 bits per heavy atom. The van der Waals surface area contributed by atoms with Crippen LogP contribution in [0.4, 0.5) is 14.5 Å². The molecule has 3 rings (SSSR count). The summed E-state index contributed by atoms with van der Waals surface area (Å²) >= 11 is 0. The molecule has 2 aliphatic carbocycles. The molecule has 0 radical (unpaired) electrons. The predicted molar refractivity (Wildman–Crippen MR) is 76.8 cm³/mol. The van der Waals surface area contributed by atoms with Crippen molar-refractivity contribution >= 4 is 5.69 Å². The molecular weight excluding hydrogens is 258 g/mol. The van der Waals surface area contributed by atoms with Gasteiger partial charge in [-0.3, -0.25) is 0 Å². The number of nitrogens with zero attached hydrogens (tertiary/aromatic N) is 1. The molecule has 4 heteroatoms. The molecule has 0 aliphatic heterocycles. The molecule has 110 valence electrons. The van der Waals surface area contributed by atoms with E-state index >= 15 is 0 Å². The van der Waals surface area contributed by atoms with Crippen LogP contribution in [0.25, 0.3) is 0 Å². The quantitative estimate of drug-likeness (QED) is 0.823. The van der Waals surface area contributed by atoms with Crippen LogP contribution in [-0.4, -0.2) is 19.1 Å². The lowest BCUT2D eigenvalue weighted by Gasteiger charge is -2.24. The second-order valence-corrected chi connectivity index (χ2v) is 6.05. The van der Waals surface area contributed by atoms with E-state index in [1.807, 2.05) is 11.8 Å². The minimum absolute atomic E-state index is 0.148. The van der Waals surface area contributed by atoms with Gasteiger partial charge in [-0.1, -0.05) is 0 Å². The maximum absolute atomic E-state index is 14.2. The molecule has 0 atom stereocenters. The van der Waals surface area contributed by atoms with Crippen molar-refractivity contribution in [3.63, 3.8) is 0 Å². The Bertz CT molecular complexity index is 458. The average Bonchev–Trinajstić information content (AvgIpc) is 3.28. The summed E-state index contributed by atoms with van der Waals surface area (Å²) in [5.41, 5.74) is 0.840. The van der Waals surface area contributed by atoms with Crippen LogP contribution in [0.15, 0.2) is 12.1 Å². The largest absolute Gasteiger partial charge is 0.367 e. The first-order valence-corrected chi connectivity index (χ1v) is 7.63. The molecule has 2 nitrogen and oxygen atoms in total. The van der Waals surface area contributed by atoms with Crippen molar-refractivity contribution in [2.45, 2.75) is 45.2 Å². The molecule has 1 N–H and O–H groups in total. The topological polar surface area (TPSA) is 15.3 Å². The van der Waals surface area contributed by atoms with Gasteiger partial charge < -0.3 is 10.2 Å². The number of rotatable bonds is 7. The van der Waals surface area contributed by atoms with E-state index in [9.17, 15) is 8.78 Å². The molecule has 2 saturated carbocycles. The van der Waals surface area contributed by atoms with Crippen molar-refractivity contribution in [3.05, 3.63) is 29.3 Å². The standard InChI is InChI=1S/C16H22F2N2/c1-2-20(10-11-3-4-11)16-14(17)7-12(8-15(16)18)9-19-13-5-6-13/h7-8,11,13,19H,2-6,9-10H2,1H3. The molecular formula is C16H22F2N2. The number of hydrogen-bond acceptors (Lipinski definition) is 2. The van der Waals surface area contributed by atoms with Crippen LogP contribution >= 0.6 is 0 Å². The van der Waals surface area contributed by atoms with Crippen LogP contribution in [0.1, 0.15) is 38.2 Å². The second-order valence-electron chi connectivity index (χ2n) is 6.05. The van der Waals surface area contributed by atoms with Crippen LogP contribution in [-0.2, 0) is 6.54 Å². The van der Waals surface area contributed by atoms with Gasteiger partial charge in [-0.25, -0.2) is 8.78 Å². The molecule has 0 aromatic heterocycles. The number of benzene rings is 1. The number of nitrogens with one attached hydrogen (secondary N) is 1. The molecule has 2 fully saturated rings. The van der Waals surface area contributed by atoms with E-state index in [0.29, 0.717) is 30.6 Å². The van der Waals surface area contributed by atoms with Crippen LogP contribution in [0.3, 0.4) is 0 Å². The summed E-state index contributed by atoms with van der Waals surface area (Å²) in [5.74, 6) is -0.245. The summed E-state index contributed by atoms with van der Waals surface area (Å²) in [6.45, 7) is 3.91. The molecule has 0 spiro atoms. The van der Waals surface area contributed by atoms with Crippen LogP contribution in [0.2, 0.25) is 0 Å². The van der Waals surface area contributed by atoms with Gasteiger partial charge in [0.05, 0.1) is 0 Å². The molecule has 2 aliphatic rings. The molecule has 20 heavy (non-hydrogen) atoms. The third-order valence-corrected chi connectivity index (χ3v) is 4.12. The van der Waals surface area contributed by atoms with Crippen molar-refractivity contribution in [1.29, 1.82) is 0 Å². The summed E-state index contributed by atoms with van der Waals surface area (Å²) in [5, 5.41) is 3.29. The Balaban J connectivity index is 1.74. The Kier molecular flexibility index (Phi) is 3.92. The Morgan fingerprint density at radius 1 is 1.15 bits per heavy atom. The monoisotopic (exact) mass is 280 g/mol. The maximum atomic E-state index is 14.2. The highest BCUT2D eigenvalue weighted by molar-refractivity contribution is 5.51. The third kappa shape index (κ3) is 3.29. The summed E-state index contributed by atoms with van der Waals surface area (Å²) < 4.78 is 28.5. The highest BCUT2D eigenvalue weighted by Gasteiger charge is 2.27. The average molecular weight is 280 g/mol. The van der Waals surface area contributed by atoms with E-state index < -0.39 is 11.6 Å². The number of hydrogen-bond donors (Lipinski definition) is 1. The predicted octanol–water partition coefficient (Wildman–Crippen LogP) is 3.45. The van der Waals surface area contributed by atoms with E-state index in [2.05, 4.69) is 5.32 Å². The normalized spacial score (nSPS) is 18.4. The molecule has 1 aromatic rings. The smallest absolute Gasteiger partial charge is 0.149 e. The highest BCUT2D eigenvalue weighted by atomic mass is 19.1. The SMILES string of the molecule is CCN(CC1CC1)c1c(F)cc(CNC2CC2)cc1F. The zero-order chi connectivity index (χ0) is 14.1. The molecule has 0 unspecified atom stereocenters. The first kappa shape index (κ1) is 13.8. The fourth-order valence-corrected chi connectivity index (χ4v) is 2.56. The number of anilines is 1. The van der Waals surface area contributed by atoms with E-state index in [0.717, 1.165) is 6.54 Å². The van der Waals surface area contributed by atoms with Crippen molar-refractivity contribution in [3.8, 4) is 0 Å². The number of halogens is 2. The third-order valence-electron chi connectivity index (χ3n) is 4.12. The van der Waals surface area contributed by atoms with E-state index in [1.54, 1.807) is 0 Å². The van der Waals surface area contributed by atoms with Gasteiger partial charge in [0, 0.05) is 25.7 Å². The Morgan fingerprint density at radius 2 is 1.80 bits per heavy atom. The summed E-state index contributed by atoms with van der Waals surface area (Å²) in [4.78, 5) is 1.83.